The number of aliphatic hydroxyl groups is 1. The second-order valence-electron chi connectivity index (χ2n) is 5.95. The van der Waals surface area contributed by atoms with Crippen LogP contribution >= 0.6 is 0 Å². The van der Waals surface area contributed by atoms with Crippen LogP contribution in [0.25, 0.3) is 0 Å². The van der Waals surface area contributed by atoms with Gasteiger partial charge < -0.3 is 20.3 Å². The van der Waals surface area contributed by atoms with Gasteiger partial charge in [0.15, 0.2) is 5.82 Å². The molecule has 1 saturated heterocycles. The minimum Gasteiger partial charge on any atom is -0.392 e. The molecule has 3 rings (SSSR count). The van der Waals surface area contributed by atoms with Crippen molar-refractivity contribution >= 4 is 5.91 Å². The van der Waals surface area contributed by atoms with E-state index in [9.17, 15) is 9.90 Å². The molecule has 2 atom stereocenters. The number of hydrogen-bond acceptors (Lipinski definition) is 6. The fourth-order valence-electron chi connectivity index (χ4n) is 3.07. The van der Waals surface area contributed by atoms with E-state index in [1.54, 1.807) is 0 Å². The highest BCUT2D eigenvalue weighted by molar-refractivity contribution is 5.82. The lowest BCUT2D eigenvalue weighted by Gasteiger charge is -2.17. The smallest absolute Gasteiger partial charge is 0.246 e. The topological polar surface area (TPSA) is 100 Å². The van der Waals surface area contributed by atoms with Gasteiger partial charge in [0, 0.05) is 12.5 Å². The van der Waals surface area contributed by atoms with Gasteiger partial charge in [-0.2, -0.15) is 4.98 Å². The first-order chi connectivity index (χ1) is 10.2. The third-order valence-electron chi connectivity index (χ3n) is 4.29. The first-order valence-electron chi connectivity index (χ1n) is 7.74. The quantitative estimate of drug-likeness (QED) is 0.746. The summed E-state index contributed by atoms with van der Waals surface area (Å²) in [6.07, 6.45) is 5.98. The van der Waals surface area contributed by atoms with Crippen molar-refractivity contribution in [3.05, 3.63) is 11.7 Å². The summed E-state index contributed by atoms with van der Waals surface area (Å²) in [6, 6.07) is -0.333. The van der Waals surface area contributed by atoms with Gasteiger partial charge in [-0.15, -0.1) is 0 Å². The molecule has 7 nitrogen and oxygen atoms in total. The second kappa shape index (κ2) is 6.53. The number of nitrogens with zero attached hydrogens (tertiary/aromatic N) is 2. The number of β-amino-alcohol motifs (C(OH)–C–C–N with tert-alkyl or cyclic N) is 1. The maximum absolute atomic E-state index is 11.9. The van der Waals surface area contributed by atoms with Crippen LogP contribution in [-0.4, -0.2) is 39.8 Å². The van der Waals surface area contributed by atoms with Crippen molar-refractivity contribution in [3.8, 4) is 0 Å². The van der Waals surface area contributed by atoms with Crippen molar-refractivity contribution in [3.63, 3.8) is 0 Å². The van der Waals surface area contributed by atoms with E-state index in [1.807, 2.05) is 0 Å². The van der Waals surface area contributed by atoms with Crippen LogP contribution in [0, 0.1) is 0 Å². The predicted octanol–water partition coefficient (Wildman–Crippen LogP) is 0.456. The molecule has 0 spiro atoms. The van der Waals surface area contributed by atoms with Gasteiger partial charge in [-0.1, -0.05) is 24.4 Å². The molecule has 116 valence electrons. The van der Waals surface area contributed by atoms with Crippen LogP contribution in [0.2, 0.25) is 0 Å². The Morgan fingerprint density at radius 2 is 2.19 bits per heavy atom. The van der Waals surface area contributed by atoms with Gasteiger partial charge in [0.05, 0.1) is 18.7 Å². The number of nitrogens with one attached hydrogen (secondary N) is 2. The van der Waals surface area contributed by atoms with E-state index in [-0.39, 0.29) is 18.5 Å². The molecule has 3 N–H and O–H groups in total. The summed E-state index contributed by atoms with van der Waals surface area (Å²) < 4.78 is 5.21. The van der Waals surface area contributed by atoms with Crippen molar-refractivity contribution in [2.45, 2.75) is 63.1 Å². The van der Waals surface area contributed by atoms with E-state index in [0.717, 1.165) is 18.7 Å². The van der Waals surface area contributed by atoms with Gasteiger partial charge in [-0.05, 0) is 19.3 Å². The van der Waals surface area contributed by atoms with Gasteiger partial charge in [-0.25, -0.2) is 0 Å². The maximum Gasteiger partial charge on any atom is 0.246 e. The zero-order valence-corrected chi connectivity index (χ0v) is 12.0. The van der Waals surface area contributed by atoms with Crippen LogP contribution in [0.1, 0.15) is 56.2 Å². The van der Waals surface area contributed by atoms with Crippen LogP contribution < -0.4 is 10.6 Å². The van der Waals surface area contributed by atoms with E-state index < -0.39 is 6.10 Å². The Hall–Kier alpha value is -1.47. The van der Waals surface area contributed by atoms with E-state index in [0.29, 0.717) is 24.8 Å². The lowest BCUT2D eigenvalue weighted by atomic mass is 9.89. The normalized spacial score (nSPS) is 26.9. The summed E-state index contributed by atoms with van der Waals surface area (Å²) >= 11 is 0. The number of carbonyl (C=O) groups excluding carboxylic acids is 1. The minimum atomic E-state index is -0.443. The summed E-state index contributed by atoms with van der Waals surface area (Å²) in [6.45, 7) is 0.706. The lowest BCUT2D eigenvalue weighted by Crippen LogP contribution is -2.40. The highest BCUT2D eigenvalue weighted by Crippen LogP contribution is 2.30. The summed E-state index contributed by atoms with van der Waals surface area (Å²) in [5.41, 5.74) is 0. The Labute approximate surface area is 123 Å². The number of amides is 1. The van der Waals surface area contributed by atoms with Crippen LogP contribution in [0.3, 0.4) is 0 Å². The number of aromatic nitrogens is 2. The van der Waals surface area contributed by atoms with Gasteiger partial charge in [0.25, 0.3) is 0 Å². The van der Waals surface area contributed by atoms with Gasteiger partial charge in [0.1, 0.15) is 0 Å². The first-order valence-corrected chi connectivity index (χ1v) is 7.74. The van der Waals surface area contributed by atoms with Crippen LogP contribution in [-0.2, 0) is 11.3 Å². The number of aliphatic hydroxyl groups excluding tert-OH is 1. The maximum atomic E-state index is 11.9. The molecule has 0 unspecified atom stereocenters. The molecule has 1 aromatic rings. The highest BCUT2D eigenvalue weighted by atomic mass is 16.5. The third kappa shape index (κ3) is 3.59. The summed E-state index contributed by atoms with van der Waals surface area (Å²) in [5.74, 6) is 1.48. The Bertz CT molecular complexity index is 484. The first kappa shape index (κ1) is 14.5. The average Bonchev–Trinajstić information content (AvgIpc) is 3.15. The van der Waals surface area contributed by atoms with E-state index in [4.69, 9.17) is 4.52 Å². The fraction of sp³-hybridized carbons (Fsp3) is 0.786. The predicted molar refractivity (Wildman–Crippen MR) is 74.4 cm³/mol. The molecule has 0 radical (unpaired) electrons. The lowest BCUT2D eigenvalue weighted by molar-refractivity contribution is -0.123. The second-order valence-corrected chi connectivity index (χ2v) is 5.95. The fourth-order valence-corrected chi connectivity index (χ4v) is 3.07. The van der Waals surface area contributed by atoms with Crippen LogP contribution in [0.15, 0.2) is 4.52 Å². The van der Waals surface area contributed by atoms with E-state index in [2.05, 4.69) is 20.8 Å². The Balaban J connectivity index is 1.49. The van der Waals surface area contributed by atoms with Crippen molar-refractivity contribution in [2.75, 3.05) is 6.54 Å². The Morgan fingerprint density at radius 3 is 2.90 bits per heavy atom. The molecule has 2 fully saturated rings. The molecule has 7 heteroatoms. The van der Waals surface area contributed by atoms with Crippen molar-refractivity contribution in [2.24, 2.45) is 0 Å². The average molecular weight is 294 g/mol. The molecule has 1 aliphatic carbocycles. The zero-order chi connectivity index (χ0) is 14.7. The van der Waals surface area contributed by atoms with Crippen LogP contribution in [0.5, 0.6) is 0 Å². The molecule has 0 bridgehead atoms. The van der Waals surface area contributed by atoms with E-state index >= 15 is 0 Å². The van der Waals surface area contributed by atoms with Crippen molar-refractivity contribution < 1.29 is 14.4 Å². The Kier molecular flexibility index (Phi) is 4.50. The van der Waals surface area contributed by atoms with Crippen molar-refractivity contribution in [1.82, 2.24) is 20.8 Å². The molecular weight excluding hydrogens is 272 g/mol. The number of hydrogen-bond donors (Lipinski definition) is 3. The molecule has 2 heterocycles. The summed E-state index contributed by atoms with van der Waals surface area (Å²) in [4.78, 5) is 16.3. The third-order valence-corrected chi connectivity index (χ3v) is 4.29. The molecule has 1 amide bonds. The summed E-state index contributed by atoms with van der Waals surface area (Å²) in [7, 11) is 0. The van der Waals surface area contributed by atoms with E-state index in [1.165, 1.54) is 19.3 Å². The Morgan fingerprint density at radius 1 is 1.38 bits per heavy atom. The molecule has 1 saturated carbocycles. The standard InChI is InChI=1S/C14H22N4O3/c19-10-6-11(15-7-10)14(20)16-8-12-17-13(18-21-12)9-4-2-1-3-5-9/h9-11,15,19H,1-8H2,(H,16,20)/t10-,11+/m1/s1. The van der Waals surface area contributed by atoms with Crippen LogP contribution in [0.4, 0.5) is 0 Å². The van der Waals surface area contributed by atoms with Crippen molar-refractivity contribution in [1.29, 1.82) is 0 Å². The summed E-state index contributed by atoms with van der Waals surface area (Å²) in [5, 5.41) is 19.2. The molecule has 1 aliphatic heterocycles. The molecule has 0 aromatic carbocycles. The van der Waals surface area contributed by atoms with Gasteiger partial charge in [0.2, 0.25) is 11.8 Å². The van der Waals surface area contributed by atoms with Gasteiger partial charge >= 0.3 is 0 Å². The number of rotatable bonds is 4. The largest absolute Gasteiger partial charge is 0.392 e. The van der Waals surface area contributed by atoms with Gasteiger partial charge in [-0.3, -0.25) is 4.79 Å². The zero-order valence-electron chi connectivity index (χ0n) is 12.0. The number of carbonyl (C=O) groups is 1. The minimum absolute atomic E-state index is 0.135. The monoisotopic (exact) mass is 294 g/mol. The highest BCUT2D eigenvalue weighted by Gasteiger charge is 2.28. The molecule has 2 aliphatic rings. The SMILES string of the molecule is O=C(NCc1nc(C2CCCCC2)no1)[C@@H]1C[C@@H](O)CN1. The molecule has 1 aromatic heterocycles. The molecule has 21 heavy (non-hydrogen) atoms. The molecular formula is C14H22N4O3.